The first kappa shape index (κ1) is 18.2. The molecule has 4 nitrogen and oxygen atoms in total. The molecule has 2 aromatic rings. The van der Waals surface area contributed by atoms with Crippen LogP contribution in [-0.2, 0) is 23.1 Å². The maximum atomic E-state index is 13.0. The summed E-state index contributed by atoms with van der Waals surface area (Å²) in [5.74, 6) is 0.340. The van der Waals surface area contributed by atoms with E-state index in [1.807, 2.05) is 32.0 Å². The fraction of sp³-hybridized carbons (Fsp3) is 0.368. The highest BCUT2D eigenvalue weighted by atomic mass is 32.2. The summed E-state index contributed by atoms with van der Waals surface area (Å²) in [7, 11) is -5.36. The van der Waals surface area contributed by atoms with Gasteiger partial charge in [0, 0.05) is 13.1 Å². The minimum absolute atomic E-state index is 0.321. The number of nitrogens with zero attached hydrogens (tertiary/aromatic N) is 1. The predicted molar refractivity (Wildman–Crippen MR) is 103 cm³/mol. The van der Waals surface area contributed by atoms with Gasteiger partial charge in [0.25, 0.3) is 0 Å². The highest BCUT2D eigenvalue weighted by Crippen LogP contribution is 2.33. The monoisotopic (exact) mass is 375 g/mol. The predicted octanol–water partition coefficient (Wildman–Crippen LogP) is 3.26. The number of benzene rings is 2. The second-order valence-corrected chi connectivity index (χ2v) is 14.8. The number of fused-ring (bicyclic) bond motifs is 1. The van der Waals surface area contributed by atoms with Gasteiger partial charge < -0.3 is 5.11 Å². The van der Waals surface area contributed by atoms with E-state index >= 15 is 0 Å². The maximum absolute atomic E-state index is 13.0. The highest BCUT2D eigenvalue weighted by molar-refractivity contribution is 7.89. The fourth-order valence-corrected chi connectivity index (χ4v) is 6.94. The van der Waals surface area contributed by atoms with Gasteiger partial charge in [0.15, 0.2) is 0 Å². The highest BCUT2D eigenvalue weighted by Gasteiger charge is 2.36. The van der Waals surface area contributed by atoms with Gasteiger partial charge in [-0.3, -0.25) is 0 Å². The molecule has 0 spiro atoms. The number of rotatable bonds is 3. The van der Waals surface area contributed by atoms with E-state index in [9.17, 15) is 13.5 Å². The molecule has 6 heteroatoms. The van der Waals surface area contributed by atoms with Gasteiger partial charge in [-0.25, -0.2) is 8.42 Å². The minimum atomic E-state index is -3.54. The quantitative estimate of drug-likeness (QED) is 0.838. The molecule has 1 N–H and O–H groups in total. The lowest BCUT2D eigenvalue weighted by Gasteiger charge is -2.23. The molecule has 0 bridgehead atoms. The van der Waals surface area contributed by atoms with E-state index in [4.69, 9.17) is 0 Å². The molecule has 1 heterocycles. The van der Waals surface area contributed by atoms with E-state index in [1.165, 1.54) is 4.31 Å². The lowest BCUT2D eigenvalue weighted by molar-refractivity contribution is 0.431. The average molecular weight is 376 g/mol. The zero-order chi connectivity index (χ0) is 18.6. The van der Waals surface area contributed by atoms with Gasteiger partial charge in [0.2, 0.25) is 10.0 Å². The van der Waals surface area contributed by atoms with Crippen molar-refractivity contribution in [2.45, 2.75) is 51.5 Å². The SMILES string of the molecule is Cc1ccc(S(=O)(=O)N2Cc3cc(C)c(O)c([Si](C)(C)C)c3C2)cc1. The summed E-state index contributed by atoms with van der Waals surface area (Å²) in [5.41, 5.74) is 3.87. The third kappa shape index (κ3) is 3.14. The molecule has 0 fully saturated rings. The van der Waals surface area contributed by atoms with E-state index in [0.29, 0.717) is 23.7 Å². The number of hydrogen-bond donors (Lipinski definition) is 1. The second-order valence-electron chi connectivity index (χ2n) is 7.89. The Morgan fingerprint density at radius 2 is 1.64 bits per heavy atom. The van der Waals surface area contributed by atoms with Crippen molar-refractivity contribution in [2.75, 3.05) is 0 Å². The summed E-state index contributed by atoms with van der Waals surface area (Å²) in [6.45, 7) is 11.1. The van der Waals surface area contributed by atoms with Crippen molar-refractivity contribution in [3.63, 3.8) is 0 Å². The third-order valence-electron chi connectivity index (χ3n) is 4.78. The number of sulfonamides is 1. The van der Waals surface area contributed by atoms with Crippen molar-refractivity contribution in [3.05, 3.63) is 52.6 Å². The van der Waals surface area contributed by atoms with Crippen LogP contribution in [0.2, 0.25) is 19.6 Å². The molecular weight excluding hydrogens is 350 g/mol. The van der Waals surface area contributed by atoms with Crippen LogP contribution in [0.25, 0.3) is 0 Å². The minimum Gasteiger partial charge on any atom is -0.508 e. The number of hydrogen-bond acceptors (Lipinski definition) is 3. The molecule has 0 amide bonds. The Labute approximate surface area is 151 Å². The van der Waals surface area contributed by atoms with Crippen molar-refractivity contribution in [3.8, 4) is 5.75 Å². The summed E-state index contributed by atoms with van der Waals surface area (Å²) in [6, 6.07) is 8.89. The summed E-state index contributed by atoms with van der Waals surface area (Å²) in [5, 5.41) is 11.6. The van der Waals surface area contributed by atoms with Crippen LogP contribution in [0, 0.1) is 13.8 Å². The number of aryl methyl sites for hydroxylation is 2. The Hall–Kier alpha value is -1.63. The second kappa shape index (κ2) is 5.97. The molecule has 0 atom stereocenters. The van der Waals surface area contributed by atoms with Crippen LogP contribution in [0.4, 0.5) is 0 Å². The molecule has 2 aromatic carbocycles. The van der Waals surface area contributed by atoms with Gasteiger partial charge in [-0.2, -0.15) is 4.31 Å². The lowest BCUT2D eigenvalue weighted by Crippen LogP contribution is -2.41. The fourth-order valence-electron chi connectivity index (χ4n) is 3.50. The first-order chi connectivity index (χ1) is 11.5. The van der Waals surface area contributed by atoms with Crippen molar-refractivity contribution in [1.82, 2.24) is 4.31 Å². The number of phenolic OH excluding ortho intramolecular Hbond substituents is 1. The zero-order valence-electron chi connectivity index (χ0n) is 15.4. The van der Waals surface area contributed by atoms with Gasteiger partial charge in [0.05, 0.1) is 13.0 Å². The molecule has 134 valence electrons. The largest absolute Gasteiger partial charge is 0.508 e. The van der Waals surface area contributed by atoms with E-state index in [2.05, 4.69) is 19.6 Å². The van der Waals surface area contributed by atoms with E-state index < -0.39 is 18.1 Å². The van der Waals surface area contributed by atoms with Crippen LogP contribution >= 0.6 is 0 Å². The molecule has 0 aromatic heterocycles. The average Bonchev–Trinajstić information content (AvgIpc) is 2.91. The van der Waals surface area contributed by atoms with Crippen molar-refractivity contribution < 1.29 is 13.5 Å². The van der Waals surface area contributed by atoms with Crippen LogP contribution in [0.5, 0.6) is 5.75 Å². The Balaban J connectivity index is 2.06. The van der Waals surface area contributed by atoms with Gasteiger partial charge in [0.1, 0.15) is 5.75 Å². The summed E-state index contributed by atoms with van der Waals surface area (Å²) < 4.78 is 27.6. The maximum Gasteiger partial charge on any atom is 0.243 e. The van der Waals surface area contributed by atoms with Gasteiger partial charge >= 0.3 is 0 Å². The summed E-state index contributed by atoms with van der Waals surface area (Å²) >= 11 is 0. The molecular formula is C19H25NO3SSi. The third-order valence-corrected chi connectivity index (χ3v) is 8.62. The molecule has 1 aliphatic heterocycles. The Kier molecular flexibility index (Phi) is 4.34. The molecule has 3 rings (SSSR count). The Morgan fingerprint density at radius 3 is 2.20 bits per heavy atom. The van der Waals surface area contributed by atoms with Crippen LogP contribution in [0.3, 0.4) is 0 Å². The standard InChI is InChI=1S/C19H25NO3SSi/c1-13-6-8-16(9-7-13)24(22,23)20-11-15-10-14(2)18(21)19(17(15)12-20)25(3,4)5/h6-10,21H,11-12H2,1-5H3. The molecule has 0 saturated heterocycles. The van der Waals surface area contributed by atoms with Crippen molar-refractivity contribution >= 4 is 23.3 Å². The summed E-state index contributed by atoms with van der Waals surface area (Å²) in [4.78, 5) is 0.321. The molecule has 0 aliphatic carbocycles. The smallest absolute Gasteiger partial charge is 0.243 e. The Bertz CT molecular complexity index is 929. The van der Waals surface area contributed by atoms with Gasteiger partial charge in [-0.15, -0.1) is 0 Å². The van der Waals surface area contributed by atoms with Crippen LogP contribution in [0.15, 0.2) is 35.2 Å². The zero-order valence-corrected chi connectivity index (χ0v) is 17.2. The molecule has 1 aliphatic rings. The van der Waals surface area contributed by atoms with Crippen LogP contribution < -0.4 is 5.19 Å². The molecule has 0 unspecified atom stereocenters. The van der Waals surface area contributed by atoms with Crippen molar-refractivity contribution in [2.24, 2.45) is 0 Å². The number of aromatic hydroxyl groups is 1. The first-order valence-corrected chi connectivity index (χ1v) is 13.4. The van der Waals surface area contributed by atoms with E-state index in [-0.39, 0.29) is 0 Å². The molecule has 0 radical (unpaired) electrons. The van der Waals surface area contributed by atoms with E-state index in [0.717, 1.165) is 27.4 Å². The lowest BCUT2D eigenvalue weighted by atomic mass is 10.1. The van der Waals surface area contributed by atoms with Gasteiger partial charge in [-0.1, -0.05) is 43.4 Å². The van der Waals surface area contributed by atoms with E-state index in [1.54, 1.807) is 12.1 Å². The van der Waals surface area contributed by atoms with Crippen LogP contribution in [0.1, 0.15) is 22.3 Å². The molecule has 25 heavy (non-hydrogen) atoms. The number of phenols is 1. The van der Waals surface area contributed by atoms with Gasteiger partial charge in [-0.05, 0) is 47.9 Å². The topological polar surface area (TPSA) is 57.6 Å². The molecule has 0 saturated carbocycles. The Morgan fingerprint density at radius 1 is 1.04 bits per heavy atom. The van der Waals surface area contributed by atoms with Crippen LogP contribution in [-0.4, -0.2) is 25.9 Å². The first-order valence-electron chi connectivity index (χ1n) is 8.43. The normalized spacial score (nSPS) is 15.4. The van der Waals surface area contributed by atoms with Crippen molar-refractivity contribution in [1.29, 1.82) is 0 Å². The summed E-state index contributed by atoms with van der Waals surface area (Å²) in [6.07, 6.45) is 0.